The molecule has 0 fully saturated rings. The highest BCUT2D eigenvalue weighted by molar-refractivity contribution is 7.89. The molecule has 0 aromatic rings. The molecule has 0 aromatic carbocycles. The van der Waals surface area contributed by atoms with Crippen molar-refractivity contribution in [3.05, 3.63) is 0 Å². The maximum absolute atomic E-state index is 11.6. The number of ether oxygens (including phenoxy) is 1. The van der Waals surface area contributed by atoms with Crippen molar-refractivity contribution in [3.8, 4) is 0 Å². The molecule has 108 valence electrons. The molecule has 0 aliphatic heterocycles. The molecule has 0 atom stereocenters. The second kappa shape index (κ2) is 7.70. The number of hydrogen-bond acceptors (Lipinski definition) is 5. The molecule has 0 aliphatic carbocycles. The Balaban J connectivity index is 4.12. The van der Waals surface area contributed by atoms with E-state index >= 15 is 0 Å². The second-order valence-electron chi connectivity index (χ2n) is 4.25. The summed E-state index contributed by atoms with van der Waals surface area (Å²) in [4.78, 5) is 10.8. The van der Waals surface area contributed by atoms with Crippen molar-refractivity contribution in [3.63, 3.8) is 0 Å². The fraction of sp³-hybridized carbons (Fsp3) is 0.909. The summed E-state index contributed by atoms with van der Waals surface area (Å²) in [6.45, 7) is 3.60. The lowest BCUT2D eigenvalue weighted by Gasteiger charge is -2.25. The van der Waals surface area contributed by atoms with Crippen LogP contribution in [-0.4, -0.2) is 44.5 Å². The first-order valence-corrected chi connectivity index (χ1v) is 7.70. The van der Waals surface area contributed by atoms with E-state index in [0.717, 1.165) is 0 Å². The predicted octanol–water partition coefficient (Wildman–Crippen LogP) is 0.410. The van der Waals surface area contributed by atoms with Crippen molar-refractivity contribution < 1.29 is 23.1 Å². The minimum absolute atomic E-state index is 0.000553. The quantitative estimate of drug-likeness (QED) is 0.597. The number of rotatable bonds is 9. The summed E-state index contributed by atoms with van der Waals surface area (Å²) >= 11 is 0. The Morgan fingerprint density at radius 3 is 2.33 bits per heavy atom. The van der Waals surface area contributed by atoms with Crippen LogP contribution < -0.4 is 4.72 Å². The molecule has 0 heterocycles. The monoisotopic (exact) mass is 281 g/mol. The number of esters is 1. The Labute approximate surface area is 109 Å². The molecule has 0 bridgehead atoms. The van der Waals surface area contributed by atoms with E-state index in [0.29, 0.717) is 12.8 Å². The second-order valence-corrected chi connectivity index (χ2v) is 6.18. The highest BCUT2D eigenvalue weighted by atomic mass is 32.2. The lowest BCUT2D eigenvalue weighted by molar-refractivity contribution is -0.140. The molecule has 18 heavy (non-hydrogen) atoms. The third-order valence-electron chi connectivity index (χ3n) is 2.96. The molecule has 0 aliphatic rings. The molecule has 0 saturated heterocycles. The first-order chi connectivity index (χ1) is 8.28. The van der Waals surface area contributed by atoms with Crippen LogP contribution in [0.15, 0.2) is 0 Å². The van der Waals surface area contributed by atoms with Gasteiger partial charge in [0.05, 0.1) is 18.5 Å². The Morgan fingerprint density at radius 1 is 1.33 bits per heavy atom. The molecule has 6 nitrogen and oxygen atoms in total. The molecule has 0 spiro atoms. The van der Waals surface area contributed by atoms with Gasteiger partial charge in [0.15, 0.2) is 0 Å². The smallest absolute Gasteiger partial charge is 0.305 e. The number of carbonyl (C=O) groups is 1. The Hall–Kier alpha value is -0.660. The first kappa shape index (κ1) is 17.3. The maximum Gasteiger partial charge on any atom is 0.305 e. The van der Waals surface area contributed by atoms with Crippen LogP contribution in [0, 0.1) is 0 Å². The first-order valence-electron chi connectivity index (χ1n) is 6.05. The zero-order valence-corrected chi connectivity index (χ0v) is 12.0. The van der Waals surface area contributed by atoms with Gasteiger partial charge in [0.1, 0.15) is 0 Å². The van der Waals surface area contributed by atoms with E-state index in [-0.39, 0.29) is 25.1 Å². The molecule has 0 radical (unpaired) electrons. The molecule has 2 N–H and O–H groups in total. The van der Waals surface area contributed by atoms with Gasteiger partial charge >= 0.3 is 5.97 Å². The zero-order valence-electron chi connectivity index (χ0n) is 11.2. The van der Waals surface area contributed by atoms with Crippen molar-refractivity contribution in [1.82, 2.24) is 4.72 Å². The number of hydrogen-bond donors (Lipinski definition) is 2. The molecular formula is C11H23NO5S. The van der Waals surface area contributed by atoms with E-state index in [1.165, 1.54) is 7.11 Å². The highest BCUT2D eigenvalue weighted by Crippen LogP contribution is 2.13. The summed E-state index contributed by atoms with van der Waals surface area (Å²) in [5, 5.41) is 9.94. The van der Waals surface area contributed by atoms with Gasteiger partial charge in [-0.1, -0.05) is 13.8 Å². The minimum Gasteiger partial charge on any atom is -0.469 e. The van der Waals surface area contributed by atoms with E-state index < -0.39 is 21.6 Å². The minimum atomic E-state index is -3.46. The van der Waals surface area contributed by atoms with Crippen LogP contribution in [0.4, 0.5) is 0 Å². The summed E-state index contributed by atoms with van der Waals surface area (Å²) in [6, 6.07) is 0. The lowest BCUT2D eigenvalue weighted by Crippen LogP contribution is -2.42. The van der Waals surface area contributed by atoms with Crippen LogP contribution in [-0.2, 0) is 19.6 Å². The highest BCUT2D eigenvalue weighted by Gasteiger charge is 2.24. The number of sulfonamides is 1. The van der Waals surface area contributed by atoms with Gasteiger partial charge in [-0.3, -0.25) is 4.79 Å². The average Bonchev–Trinajstić information content (AvgIpc) is 2.35. The Morgan fingerprint density at radius 2 is 1.89 bits per heavy atom. The fourth-order valence-electron chi connectivity index (χ4n) is 1.33. The number of nitrogens with one attached hydrogen (secondary N) is 1. The van der Waals surface area contributed by atoms with Crippen LogP contribution in [0.2, 0.25) is 0 Å². The van der Waals surface area contributed by atoms with Crippen LogP contribution in [0.25, 0.3) is 0 Å². The SMILES string of the molecule is CCC(O)(CC)CNS(=O)(=O)CCCC(=O)OC. The number of aliphatic hydroxyl groups is 1. The molecule has 0 unspecified atom stereocenters. The van der Waals surface area contributed by atoms with Crippen LogP contribution in [0.1, 0.15) is 39.5 Å². The predicted molar refractivity (Wildman–Crippen MR) is 68.6 cm³/mol. The van der Waals surface area contributed by atoms with Gasteiger partial charge in [-0.15, -0.1) is 0 Å². The van der Waals surface area contributed by atoms with Crippen molar-refractivity contribution in [2.24, 2.45) is 0 Å². The number of carbonyl (C=O) groups excluding carboxylic acids is 1. The molecular weight excluding hydrogens is 258 g/mol. The van der Waals surface area contributed by atoms with Gasteiger partial charge in [0, 0.05) is 13.0 Å². The summed E-state index contributed by atoms with van der Waals surface area (Å²) < 4.78 is 30.0. The van der Waals surface area contributed by atoms with E-state index in [9.17, 15) is 18.3 Å². The third kappa shape index (κ3) is 6.93. The topological polar surface area (TPSA) is 92.7 Å². The number of methoxy groups -OCH3 is 1. The van der Waals surface area contributed by atoms with Crippen LogP contribution >= 0.6 is 0 Å². The van der Waals surface area contributed by atoms with Gasteiger partial charge in [-0.2, -0.15) is 0 Å². The zero-order chi connectivity index (χ0) is 14.2. The molecule has 0 amide bonds. The van der Waals surface area contributed by atoms with Crippen LogP contribution in [0.5, 0.6) is 0 Å². The Bertz CT molecular complexity index is 348. The third-order valence-corrected chi connectivity index (χ3v) is 4.37. The summed E-state index contributed by atoms with van der Waals surface area (Å²) in [7, 11) is -2.20. The van der Waals surface area contributed by atoms with E-state index in [2.05, 4.69) is 9.46 Å². The van der Waals surface area contributed by atoms with Crippen molar-refractivity contribution >= 4 is 16.0 Å². The standard InChI is InChI=1S/C11H23NO5S/c1-4-11(14,5-2)9-12-18(15,16)8-6-7-10(13)17-3/h12,14H,4-9H2,1-3H3. The summed E-state index contributed by atoms with van der Waals surface area (Å²) in [5.41, 5.74) is -1.00. The van der Waals surface area contributed by atoms with E-state index in [1.807, 2.05) is 0 Å². The van der Waals surface area contributed by atoms with Crippen molar-refractivity contribution in [1.29, 1.82) is 0 Å². The van der Waals surface area contributed by atoms with Crippen LogP contribution in [0.3, 0.4) is 0 Å². The summed E-state index contributed by atoms with van der Waals surface area (Å²) in [6.07, 6.45) is 1.24. The van der Waals surface area contributed by atoms with E-state index in [1.54, 1.807) is 13.8 Å². The molecule has 0 aromatic heterocycles. The lowest BCUT2D eigenvalue weighted by atomic mass is 9.98. The van der Waals surface area contributed by atoms with Crippen molar-refractivity contribution in [2.45, 2.75) is 45.1 Å². The van der Waals surface area contributed by atoms with E-state index in [4.69, 9.17) is 0 Å². The molecule has 0 saturated carbocycles. The van der Waals surface area contributed by atoms with Crippen molar-refractivity contribution in [2.75, 3.05) is 19.4 Å². The fourth-order valence-corrected chi connectivity index (χ4v) is 2.48. The maximum atomic E-state index is 11.6. The molecule has 0 rings (SSSR count). The summed E-state index contributed by atoms with van der Waals surface area (Å²) in [5.74, 6) is -0.574. The average molecular weight is 281 g/mol. The van der Waals surface area contributed by atoms with Gasteiger partial charge < -0.3 is 9.84 Å². The van der Waals surface area contributed by atoms with Gasteiger partial charge in [0.25, 0.3) is 0 Å². The normalized spacial score (nSPS) is 12.4. The Kier molecular flexibility index (Phi) is 7.42. The van der Waals surface area contributed by atoms with Gasteiger partial charge in [-0.25, -0.2) is 13.1 Å². The molecule has 7 heteroatoms. The van der Waals surface area contributed by atoms with Gasteiger partial charge in [0.2, 0.25) is 10.0 Å². The largest absolute Gasteiger partial charge is 0.469 e. The van der Waals surface area contributed by atoms with Gasteiger partial charge in [-0.05, 0) is 19.3 Å².